The highest BCUT2D eigenvalue weighted by Crippen LogP contribution is 2.19. The number of aliphatic hydroxyl groups excluding tert-OH is 1. The van der Waals surface area contributed by atoms with Gasteiger partial charge in [-0.05, 0) is 42.7 Å². The van der Waals surface area contributed by atoms with E-state index < -0.39 is 66.4 Å². The van der Waals surface area contributed by atoms with E-state index in [1.54, 1.807) is 6.20 Å². The van der Waals surface area contributed by atoms with Crippen molar-refractivity contribution in [2.75, 3.05) is 0 Å². The van der Waals surface area contributed by atoms with Crippen LogP contribution >= 0.6 is 0 Å². The van der Waals surface area contributed by atoms with Crippen LogP contribution in [0.25, 0.3) is 10.9 Å². The molecule has 1 aromatic heterocycles. The first kappa shape index (κ1) is 31.6. The van der Waals surface area contributed by atoms with Crippen molar-refractivity contribution >= 4 is 40.6 Å². The van der Waals surface area contributed by atoms with Gasteiger partial charge in [0.1, 0.15) is 23.9 Å². The van der Waals surface area contributed by atoms with Crippen molar-refractivity contribution in [1.82, 2.24) is 20.9 Å². The minimum absolute atomic E-state index is 0.0583. The second-order valence-corrected chi connectivity index (χ2v) is 9.83. The summed E-state index contributed by atoms with van der Waals surface area (Å²) in [6.45, 7) is 1.25. The molecule has 42 heavy (non-hydrogen) atoms. The monoisotopic (exact) mass is 583 g/mol. The van der Waals surface area contributed by atoms with Gasteiger partial charge in [0, 0.05) is 23.5 Å². The number of aromatic hydroxyl groups is 1. The lowest BCUT2D eigenvalue weighted by Gasteiger charge is -2.26. The number of aliphatic carboxylic acids is 2. The number of fused-ring (bicyclic) bond motifs is 1. The molecule has 3 aromatic rings. The predicted octanol–water partition coefficient (Wildman–Crippen LogP) is -0.619. The van der Waals surface area contributed by atoms with Gasteiger partial charge in [-0.3, -0.25) is 19.2 Å². The van der Waals surface area contributed by atoms with E-state index in [-0.39, 0.29) is 18.6 Å². The van der Waals surface area contributed by atoms with Crippen LogP contribution in [0.1, 0.15) is 24.5 Å². The Morgan fingerprint density at radius 1 is 0.857 bits per heavy atom. The number of hydrogen-bond acceptors (Lipinski definition) is 8. The quantitative estimate of drug-likeness (QED) is 0.116. The van der Waals surface area contributed by atoms with Gasteiger partial charge in [0.25, 0.3) is 0 Å². The fourth-order valence-corrected chi connectivity index (χ4v) is 4.28. The van der Waals surface area contributed by atoms with E-state index >= 15 is 0 Å². The Bertz CT molecular complexity index is 1440. The maximum atomic E-state index is 13.2. The van der Waals surface area contributed by atoms with Crippen LogP contribution in [0.15, 0.2) is 54.7 Å². The zero-order chi connectivity index (χ0) is 31.0. The third-order valence-corrected chi connectivity index (χ3v) is 6.52. The number of carboxylic acids is 2. The largest absolute Gasteiger partial charge is 0.508 e. The highest BCUT2D eigenvalue weighted by molar-refractivity contribution is 5.95. The van der Waals surface area contributed by atoms with Gasteiger partial charge < -0.3 is 47.1 Å². The third kappa shape index (κ3) is 8.52. The molecule has 2 aromatic carbocycles. The summed E-state index contributed by atoms with van der Waals surface area (Å²) >= 11 is 0. The summed E-state index contributed by atoms with van der Waals surface area (Å²) in [5.41, 5.74) is 8.19. The van der Waals surface area contributed by atoms with Crippen LogP contribution in [-0.2, 0) is 36.8 Å². The summed E-state index contributed by atoms with van der Waals surface area (Å²) < 4.78 is 0. The lowest BCUT2D eigenvalue weighted by molar-refractivity contribution is -0.147. The van der Waals surface area contributed by atoms with Crippen LogP contribution in [0.5, 0.6) is 5.75 Å². The van der Waals surface area contributed by atoms with Crippen LogP contribution < -0.4 is 21.7 Å². The standard InChI is InChI=1S/C28H33N5O9/c1-14(34)24(33-25(38)19(29)11-16-13-30-20-5-3-2-4-18(16)20)27(40)31-21(10-15-6-8-17(35)9-7-15)26(39)32-22(28(41)42)12-23(36)37/h2-9,13-14,19,21-22,24,30,34-35H,10-12,29H2,1H3,(H,31,40)(H,32,39)(H,33,38)(H,36,37)(H,41,42). The number of rotatable bonds is 14. The van der Waals surface area contributed by atoms with E-state index in [0.29, 0.717) is 5.56 Å². The maximum absolute atomic E-state index is 13.2. The minimum Gasteiger partial charge on any atom is -0.508 e. The second-order valence-electron chi connectivity index (χ2n) is 9.83. The van der Waals surface area contributed by atoms with Crippen LogP contribution in [0.2, 0.25) is 0 Å². The van der Waals surface area contributed by atoms with Gasteiger partial charge in [0.2, 0.25) is 17.7 Å². The third-order valence-electron chi connectivity index (χ3n) is 6.52. The Hall–Kier alpha value is -4.95. The molecule has 0 aliphatic rings. The molecule has 0 radical (unpaired) electrons. The Labute approximate surface area is 239 Å². The number of phenolic OH excluding ortho intramolecular Hbond substituents is 1. The van der Waals surface area contributed by atoms with Crippen LogP contribution in [0, 0.1) is 0 Å². The Kier molecular flexibility index (Phi) is 10.6. The van der Waals surface area contributed by atoms with E-state index in [2.05, 4.69) is 20.9 Å². The first-order chi connectivity index (χ1) is 19.8. The predicted molar refractivity (Wildman–Crippen MR) is 149 cm³/mol. The van der Waals surface area contributed by atoms with Crippen molar-refractivity contribution in [3.8, 4) is 5.75 Å². The van der Waals surface area contributed by atoms with Gasteiger partial charge in [-0.2, -0.15) is 0 Å². The molecule has 14 heteroatoms. The first-order valence-electron chi connectivity index (χ1n) is 13.0. The van der Waals surface area contributed by atoms with Crippen LogP contribution in [0.3, 0.4) is 0 Å². The lowest BCUT2D eigenvalue weighted by atomic mass is 10.0. The molecule has 5 atom stereocenters. The number of aliphatic hydroxyl groups is 1. The molecule has 0 spiro atoms. The molecule has 0 fully saturated rings. The van der Waals surface area contributed by atoms with Gasteiger partial charge in [0.05, 0.1) is 18.6 Å². The molecule has 0 aliphatic carbocycles. The molecule has 5 unspecified atom stereocenters. The van der Waals surface area contributed by atoms with E-state index in [1.165, 1.54) is 31.2 Å². The average Bonchev–Trinajstić information content (AvgIpc) is 3.33. The van der Waals surface area contributed by atoms with Gasteiger partial charge in [-0.15, -0.1) is 0 Å². The molecule has 0 aliphatic heterocycles. The zero-order valence-corrected chi connectivity index (χ0v) is 22.6. The summed E-state index contributed by atoms with van der Waals surface area (Å²) in [5, 5.41) is 46.0. The number of benzene rings is 2. The van der Waals surface area contributed by atoms with Gasteiger partial charge in [0.15, 0.2) is 0 Å². The lowest BCUT2D eigenvalue weighted by Crippen LogP contribution is -2.60. The zero-order valence-electron chi connectivity index (χ0n) is 22.6. The number of hydrogen-bond donors (Lipinski definition) is 9. The Balaban J connectivity index is 1.75. The van der Waals surface area contributed by atoms with Crippen molar-refractivity contribution in [3.05, 3.63) is 65.9 Å². The highest BCUT2D eigenvalue weighted by Gasteiger charge is 2.33. The number of para-hydroxylation sites is 1. The minimum atomic E-state index is -1.79. The Morgan fingerprint density at radius 3 is 2.12 bits per heavy atom. The van der Waals surface area contributed by atoms with E-state index in [1.807, 2.05) is 24.3 Å². The number of carbonyl (C=O) groups is 5. The summed E-state index contributed by atoms with van der Waals surface area (Å²) in [4.78, 5) is 64.8. The van der Waals surface area contributed by atoms with Crippen molar-refractivity contribution in [3.63, 3.8) is 0 Å². The maximum Gasteiger partial charge on any atom is 0.326 e. The number of nitrogens with one attached hydrogen (secondary N) is 4. The van der Waals surface area contributed by atoms with Crippen molar-refractivity contribution in [1.29, 1.82) is 0 Å². The number of aromatic amines is 1. The molecule has 0 saturated carbocycles. The Morgan fingerprint density at radius 2 is 1.50 bits per heavy atom. The molecule has 3 rings (SSSR count). The molecule has 224 valence electrons. The van der Waals surface area contributed by atoms with Crippen molar-refractivity contribution in [2.24, 2.45) is 5.73 Å². The highest BCUT2D eigenvalue weighted by atomic mass is 16.4. The summed E-state index contributed by atoms with van der Waals surface area (Å²) in [6.07, 6.45) is -0.696. The van der Waals surface area contributed by atoms with Gasteiger partial charge in [-0.25, -0.2) is 4.79 Å². The second kappa shape index (κ2) is 14.1. The van der Waals surface area contributed by atoms with Gasteiger partial charge >= 0.3 is 11.9 Å². The van der Waals surface area contributed by atoms with Crippen molar-refractivity contribution in [2.45, 2.75) is 56.5 Å². The molecule has 10 N–H and O–H groups in total. The number of amides is 3. The summed E-state index contributed by atoms with van der Waals surface area (Å²) in [5.74, 6) is -5.86. The molecular weight excluding hydrogens is 550 g/mol. The number of phenols is 1. The normalized spacial score (nSPS) is 14.6. The molecule has 0 saturated heterocycles. The number of aromatic nitrogens is 1. The smallest absolute Gasteiger partial charge is 0.326 e. The molecule has 1 heterocycles. The SMILES string of the molecule is CC(O)C(NC(=O)C(N)Cc1c[nH]c2ccccc12)C(=O)NC(Cc1ccc(O)cc1)C(=O)NC(CC(=O)O)C(=O)O. The van der Waals surface area contributed by atoms with E-state index in [0.717, 1.165) is 16.5 Å². The topological polar surface area (TPSA) is 244 Å². The van der Waals surface area contributed by atoms with Crippen LogP contribution in [-0.4, -0.2) is 85.3 Å². The van der Waals surface area contributed by atoms with E-state index in [9.17, 15) is 39.3 Å². The summed E-state index contributed by atoms with van der Waals surface area (Å²) in [6, 6.07) is 7.14. The molecule has 3 amide bonds. The number of carboxylic acid groups (broad SMARTS) is 2. The first-order valence-corrected chi connectivity index (χ1v) is 13.0. The van der Waals surface area contributed by atoms with E-state index in [4.69, 9.17) is 10.8 Å². The number of H-pyrrole nitrogens is 1. The van der Waals surface area contributed by atoms with Crippen molar-refractivity contribution < 1.29 is 44.4 Å². The average molecular weight is 584 g/mol. The van der Waals surface area contributed by atoms with Crippen LogP contribution in [0.4, 0.5) is 0 Å². The molecule has 0 bridgehead atoms. The molecule has 14 nitrogen and oxygen atoms in total. The number of carbonyl (C=O) groups excluding carboxylic acids is 3. The fourth-order valence-electron chi connectivity index (χ4n) is 4.28. The summed E-state index contributed by atoms with van der Waals surface area (Å²) in [7, 11) is 0. The van der Waals surface area contributed by atoms with Gasteiger partial charge in [-0.1, -0.05) is 30.3 Å². The molecular formula is C28H33N5O9. The fraction of sp³-hybridized carbons (Fsp3) is 0.321. The number of nitrogens with two attached hydrogens (primary N) is 1.